The van der Waals surface area contributed by atoms with Crippen LogP contribution in [-0.2, 0) is 14.3 Å². The van der Waals surface area contributed by atoms with Gasteiger partial charge in [-0.3, -0.25) is 10.1 Å². The Labute approximate surface area is 95.0 Å². The molecule has 1 aromatic rings. The van der Waals surface area contributed by atoms with Crippen LogP contribution in [0.1, 0.15) is 11.9 Å². The molecule has 1 aliphatic heterocycles. The van der Waals surface area contributed by atoms with Crippen molar-refractivity contribution in [3.8, 4) is 0 Å². The topological polar surface area (TPSA) is 98.9 Å². The second-order valence-electron chi connectivity index (χ2n) is 3.19. The van der Waals surface area contributed by atoms with E-state index >= 15 is 0 Å². The Morgan fingerprint density at radius 2 is 2.12 bits per heavy atom. The number of carboxylic acid groups (broad SMARTS) is 1. The molecule has 0 bridgehead atoms. The minimum atomic E-state index is -1.29. The predicted octanol–water partition coefficient (Wildman–Crippen LogP) is 1.57. The van der Waals surface area contributed by atoms with Crippen molar-refractivity contribution in [3.63, 3.8) is 0 Å². The van der Waals surface area contributed by atoms with Crippen molar-refractivity contribution in [3.05, 3.63) is 52.0 Å². The molecule has 1 atom stereocenters. The molecule has 2 rings (SSSR count). The summed E-state index contributed by atoms with van der Waals surface area (Å²) in [6.45, 7) is 0. The van der Waals surface area contributed by atoms with Crippen LogP contribution in [0.3, 0.4) is 0 Å². The zero-order valence-electron chi connectivity index (χ0n) is 8.40. The lowest BCUT2D eigenvalue weighted by Gasteiger charge is -2.10. The van der Waals surface area contributed by atoms with E-state index in [0.29, 0.717) is 0 Å². The molecule has 0 fully saturated rings. The summed E-state index contributed by atoms with van der Waals surface area (Å²) in [6.07, 6.45) is -0.174. The van der Waals surface area contributed by atoms with Gasteiger partial charge in [0.05, 0.1) is 4.92 Å². The van der Waals surface area contributed by atoms with E-state index in [1.807, 2.05) is 0 Å². The van der Waals surface area contributed by atoms with Crippen LogP contribution in [-0.4, -0.2) is 16.0 Å². The van der Waals surface area contributed by atoms with Crippen molar-refractivity contribution in [2.75, 3.05) is 0 Å². The van der Waals surface area contributed by atoms with E-state index in [1.165, 1.54) is 18.2 Å². The molecule has 0 aromatic heterocycles. The van der Waals surface area contributed by atoms with Gasteiger partial charge in [0.15, 0.2) is 0 Å². The normalized spacial score (nSPS) is 17.9. The minimum Gasteiger partial charge on any atom is -0.475 e. The number of hydrogen-bond donors (Lipinski definition) is 1. The Bertz CT molecular complexity index is 509. The van der Waals surface area contributed by atoms with Crippen LogP contribution in [0.25, 0.3) is 0 Å². The Morgan fingerprint density at radius 1 is 1.41 bits per heavy atom. The molecule has 17 heavy (non-hydrogen) atoms. The zero-order chi connectivity index (χ0) is 12.4. The third kappa shape index (κ3) is 2.03. The summed E-state index contributed by atoms with van der Waals surface area (Å²) in [5.41, 5.74) is -0.0115. The van der Waals surface area contributed by atoms with Crippen molar-refractivity contribution in [2.24, 2.45) is 0 Å². The molecule has 0 aliphatic carbocycles. The molecule has 1 unspecified atom stereocenters. The van der Waals surface area contributed by atoms with Crippen LogP contribution in [0.15, 0.2) is 36.3 Å². The van der Waals surface area contributed by atoms with Gasteiger partial charge in [0.25, 0.3) is 12.0 Å². The van der Waals surface area contributed by atoms with Gasteiger partial charge in [-0.15, -0.1) is 0 Å². The van der Waals surface area contributed by atoms with Gasteiger partial charge >= 0.3 is 5.97 Å². The zero-order valence-corrected chi connectivity index (χ0v) is 8.40. The Balaban J connectivity index is 2.26. The molecule has 1 aromatic carbocycles. The molecular formula is C10H7NO6. The summed E-state index contributed by atoms with van der Waals surface area (Å²) in [7, 11) is 0. The fourth-order valence-corrected chi connectivity index (χ4v) is 1.39. The first-order chi connectivity index (χ1) is 8.09. The number of carboxylic acids is 1. The fourth-order valence-electron chi connectivity index (χ4n) is 1.39. The maximum Gasteiger partial charge on any atom is 0.374 e. The maximum absolute atomic E-state index is 10.8. The number of nitro benzene ring substituents is 1. The molecule has 0 saturated carbocycles. The van der Waals surface area contributed by atoms with Gasteiger partial charge in [-0.1, -0.05) is 12.1 Å². The summed E-state index contributed by atoms with van der Waals surface area (Å²) in [6, 6.07) is 5.82. The van der Waals surface area contributed by atoms with Crippen LogP contribution in [0.2, 0.25) is 0 Å². The first-order valence-electron chi connectivity index (χ1n) is 4.58. The van der Waals surface area contributed by atoms with E-state index in [1.54, 1.807) is 6.07 Å². The first-order valence-corrected chi connectivity index (χ1v) is 4.58. The van der Waals surface area contributed by atoms with Crippen LogP contribution < -0.4 is 0 Å². The molecule has 1 aliphatic rings. The predicted molar refractivity (Wildman–Crippen MR) is 53.7 cm³/mol. The number of para-hydroxylation sites is 1. The van der Waals surface area contributed by atoms with Crippen molar-refractivity contribution in [1.82, 2.24) is 0 Å². The van der Waals surface area contributed by atoms with Crippen molar-refractivity contribution in [1.29, 1.82) is 0 Å². The summed E-state index contributed by atoms with van der Waals surface area (Å²) < 4.78 is 9.87. The third-order valence-electron chi connectivity index (χ3n) is 2.13. The fraction of sp³-hybridized carbons (Fsp3) is 0.100. The van der Waals surface area contributed by atoms with Gasteiger partial charge in [0, 0.05) is 6.07 Å². The Kier molecular flexibility index (Phi) is 2.65. The van der Waals surface area contributed by atoms with Crippen LogP contribution in [0.4, 0.5) is 5.69 Å². The van der Waals surface area contributed by atoms with Gasteiger partial charge < -0.3 is 14.6 Å². The van der Waals surface area contributed by atoms with E-state index in [2.05, 4.69) is 0 Å². The van der Waals surface area contributed by atoms with Gasteiger partial charge in [0.1, 0.15) is 11.8 Å². The van der Waals surface area contributed by atoms with E-state index in [4.69, 9.17) is 14.6 Å². The van der Waals surface area contributed by atoms with E-state index < -0.39 is 17.2 Å². The average Bonchev–Trinajstić information content (AvgIpc) is 2.78. The van der Waals surface area contributed by atoms with Crippen molar-refractivity contribution < 1.29 is 24.3 Å². The number of carbonyl (C=O) groups is 1. The third-order valence-corrected chi connectivity index (χ3v) is 2.13. The number of aliphatic carboxylic acids is 1. The highest BCUT2D eigenvalue weighted by Crippen LogP contribution is 2.33. The Morgan fingerprint density at radius 3 is 2.71 bits per heavy atom. The molecule has 1 N–H and O–H groups in total. The average molecular weight is 237 g/mol. The van der Waals surface area contributed by atoms with E-state index in [-0.39, 0.29) is 17.0 Å². The molecule has 7 nitrogen and oxygen atoms in total. The largest absolute Gasteiger partial charge is 0.475 e. The molecule has 0 radical (unpaired) electrons. The maximum atomic E-state index is 10.8. The highest BCUT2D eigenvalue weighted by molar-refractivity contribution is 5.84. The van der Waals surface area contributed by atoms with E-state index in [0.717, 1.165) is 6.26 Å². The molecule has 7 heteroatoms. The van der Waals surface area contributed by atoms with Crippen molar-refractivity contribution >= 4 is 11.7 Å². The second-order valence-corrected chi connectivity index (χ2v) is 3.19. The number of ether oxygens (including phenoxy) is 2. The molecule has 88 valence electrons. The molecule has 0 saturated heterocycles. The van der Waals surface area contributed by atoms with Gasteiger partial charge in [0.2, 0.25) is 5.76 Å². The summed E-state index contributed by atoms with van der Waals surface area (Å²) in [5.74, 6) is -1.67. The van der Waals surface area contributed by atoms with Crippen LogP contribution >= 0.6 is 0 Å². The number of nitrogens with zero attached hydrogens (tertiary/aromatic N) is 1. The van der Waals surface area contributed by atoms with Crippen molar-refractivity contribution in [2.45, 2.75) is 6.29 Å². The molecule has 1 heterocycles. The number of nitro groups is 1. The molecule has 0 spiro atoms. The molecule has 0 amide bonds. The highest BCUT2D eigenvalue weighted by atomic mass is 16.7. The Hall–Kier alpha value is -2.57. The smallest absolute Gasteiger partial charge is 0.374 e. The number of rotatable bonds is 3. The quantitative estimate of drug-likeness (QED) is 0.632. The monoisotopic (exact) mass is 237 g/mol. The lowest BCUT2D eigenvalue weighted by atomic mass is 10.2. The summed E-state index contributed by atoms with van der Waals surface area (Å²) >= 11 is 0. The van der Waals surface area contributed by atoms with Gasteiger partial charge in [-0.25, -0.2) is 4.79 Å². The molecular weight excluding hydrogens is 230 g/mol. The summed E-state index contributed by atoms with van der Waals surface area (Å²) in [5, 5.41) is 19.4. The van der Waals surface area contributed by atoms with E-state index in [9.17, 15) is 14.9 Å². The lowest BCUT2D eigenvalue weighted by molar-refractivity contribution is -0.386. The standard InChI is InChI=1S/C10H7NO6/c12-9(13)8-5-16-10(17-8)6-3-1-2-4-7(6)11(14)15/h1-5,10H,(H,12,13). The van der Waals surface area contributed by atoms with Crippen LogP contribution in [0.5, 0.6) is 0 Å². The number of benzene rings is 1. The first kappa shape index (κ1) is 10.9. The van der Waals surface area contributed by atoms with Gasteiger partial charge in [-0.05, 0) is 6.07 Å². The minimum absolute atomic E-state index is 0.171. The van der Waals surface area contributed by atoms with Gasteiger partial charge in [-0.2, -0.15) is 0 Å². The lowest BCUT2D eigenvalue weighted by Crippen LogP contribution is -2.06. The highest BCUT2D eigenvalue weighted by Gasteiger charge is 2.30. The second kappa shape index (κ2) is 4.12. The SMILES string of the molecule is O=C(O)C1=COC(c2ccccc2[N+](=O)[O-])O1. The number of hydrogen-bond acceptors (Lipinski definition) is 5. The summed E-state index contributed by atoms with van der Waals surface area (Å²) in [4.78, 5) is 20.8. The van der Waals surface area contributed by atoms with Crippen LogP contribution in [0, 0.1) is 10.1 Å².